The SMILES string of the molecule is ClCCc1nnc(Nc2ccc(Br)cc2Cl)o1. The van der Waals surface area contributed by atoms with E-state index in [1.54, 1.807) is 6.07 Å². The van der Waals surface area contributed by atoms with Gasteiger partial charge in [-0.05, 0) is 18.2 Å². The van der Waals surface area contributed by atoms with Gasteiger partial charge in [-0.2, -0.15) is 0 Å². The number of hydrogen-bond acceptors (Lipinski definition) is 4. The van der Waals surface area contributed by atoms with E-state index in [9.17, 15) is 0 Å². The molecule has 0 aliphatic rings. The second-order valence-corrected chi connectivity index (χ2v) is 4.89. The van der Waals surface area contributed by atoms with Gasteiger partial charge in [-0.25, -0.2) is 0 Å². The van der Waals surface area contributed by atoms with Crippen molar-refractivity contribution in [3.05, 3.63) is 33.6 Å². The Labute approximate surface area is 116 Å². The molecule has 1 N–H and O–H groups in total. The summed E-state index contributed by atoms with van der Waals surface area (Å²) >= 11 is 14.9. The average molecular weight is 337 g/mol. The van der Waals surface area contributed by atoms with Crippen LogP contribution in [0.5, 0.6) is 0 Å². The fourth-order valence-corrected chi connectivity index (χ4v) is 2.07. The van der Waals surface area contributed by atoms with Crippen LogP contribution in [0.1, 0.15) is 5.89 Å². The maximum Gasteiger partial charge on any atom is 0.320 e. The summed E-state index contributed by atoms with van der Waals surface area (Å²) in [5, 5.41) is 11.2. The van der Waals surface area contributed by atoms with Gasteiger partial charge in [0.1, 0.15) is 0 Å². The number of aryl methyl sites for hydroxylation is 1. The van der Waals surface area contributed by atoms with E-state index in [1.165, 1.54) is 0 Å². The number of hydrogen-bond donors (Lipinski definition) is 1. The summed E-state index contributed by atoms with van der Waals surface area (Å²) in [6, 6.07) is 5.76. The van der Waals surface area contributed by atoms with E-state index in [1.807, 2.05) is 12.1 Å². The fraction of sp³-hybridized carbons (Fsp3) is 0.200. The molecular weight excluding hydrogens is 329 g/mol. The first kappa shape index (κ1) is 12.7. The highest BCUT2D eigenvalue weighted by Crippen LogP contribution is 2.27. The molecule has 0 atom stereocenters. The summed E-state index contributed by atoms with van der Waals surface area (Å²) in [7, 11) is 0. The van der Waals surface area contributed by atoms with E-state index in [0.29, 0.717) is 34.9 Å². The van der Waals surface area contributed by atoms with Gasteiger partial charge in [0.2, 0.25) is 5.89 Å². The van der Waals surface area contributed by atoms with E-state index in [4.69, 9.17) is 27.6 Å². The van der Waals surface area contributed by atoms with Crippen molar-refractivity contribution >= 4 is 50.8 Å². The average Bonchev–Trinajstić information content (AvgIpc) is 2.71. The van der Waals surface area contributed by atoms with Gasteiger partial charge in [0.15, 0.2) is 0 Å². The number of nitrogens with zero attached hydrogens (tertiary/aromatic N) is 2. The number of halogens is 3. The predicted molar refractivity (Wildman–Crippen MR) is 71.2 cm³/mol. The number of alkyl halides is 1. The molecule has 0 unspecified atom stereocenters. The molecule has 2 rings (SSSR count). The van der Waals surface area contributed by atoms with Crippen LogP contribution >= 0.6 is 39.1 Å². The van der Waals surface area contributed by atoms with Crippen molar-refractivity contribution in [3.8, 4) is 0 Å². The Bertz CT molecular complexity index is 518. The van der Waals surface area contributed by atoms with Crippen molar-refractivity contribution in [1.82, 2.24) is 10.2 Å². The number of aromatic nitrogens is 2. The molecule has 0 saturated carbocycles. The first-order valence-electron chi connectivity index (χ1n) is 4.79. The quantitative estimate of drug-likeness (QED) is 0.857. The lowest BCUT2D eigenvalue weighted by atomic mass is 10.3. The number of anilines is 2. The fourth-order valence-electron chi connectivity index (χ4n) is 1.19. The molecule has 1 heterocycles. The lowest BCUT2D eigenvalue weighted by Gasteiger charge is -2.03. The van der Waals surface area contributed by atoms with Crippen LogP contribution in [-0.4, -0.2) is 16.1 Å². The van der Waals surface area contributed by atoms with Crippen LogP contribution in [0.25, 0.3) is 0 Å². The molecule has 4 nitrogen and oxygen atoms in total. The Kier molecular flexibility index (Phi) is 4.25. The zero-order valence-corrected chi connectivity index (χ0v) is 11.7. The van der Waals surface area contributed by atoms with E-state index in [-0.39, 0.29) is 0 Å². The Morgan fingerprint density at radius 3 is 2.88 bits per heavy atom. The Morgan fingerprint density at radius 2 is 2.18 bits per heavy atom. The lowest BCUT2D eigenvalue weighted by Crippen LogP contribution is -1.91. The zero-order chi connectivity index (χ0) is 12.3. The van der Waals surface area contributed by atoms with E-state index in [2.05, 4.69) is 31.4 Å². The van der Waals surface area contributed by atoms with Crippen LogP contribution < -0.4 is 5.32 Å². The van der Waals surface area contributed by atoms with Crippen molar-refractivity contribution in [2.75, 3.05) is 11.2 Å². The molecule has 1 aromatic heterocycles. The highest BCUT2D eigenvalue weighted by molar-refractivity contribution is 9.10. The number of benzene rings is 1. The molecule has 0 spiro atoms. The summed E-state index contributed by atoms with van der Waals surface area (Å²) in [6.07, 6.45) is 0.546. The topological polar surface area (TPSA) is 51.0 Å². The van der Waals surface area contributed by atoms with Crippen LogP contribution in [0, 0.1) is 0 Å². The van der Waals surface area contributed by atoms with Gasteiger partial charge < -0.3 is 9.73 Å². The Hall–Kier alpha value is -0.780. The molecule has 7 heteroatoms. The summed E-state index contributed by atoms with van der Waals surface area (Å²) in [4.78, 5) is 0. The number of nitrogens with one attached hydrogen (secondary N) is 1. The van der Waals surface area contributed by atoms with Gasteiger partial charge in [0, 0.05) is 16.8 Å². The van der Waals surface area contributed by atoms with E-state index >= 15 is 0 Å². The highest BCUT2D eigenvalue weighted by Gasteiger charge is 2.07. The monoisotopic (exact) mass is 335 g/mol. The standard InChI is InChI=1S/C10H8BrCl2N3O/c11-6-1-2-8(7(13)5-6)14-10-16-15-9(17-10)3-4-12/h1-2,5H,3-4H2,(H,14,16). The Morgan fingerprint density at radius 1 is 1.35 bits per heavy atom. The van der Waals surface area contributed by atoms with Gasteiger partial charge in [-0.1, -0.05) is 32.6 Å². The second kappa shape index (κ2) is 5.71. The maximum absolute atomic E-state index is 6.04. The summed E-state index contributed by atoms with van der Waals surface area (Å²) in [5.74, 6) is 0.941. The molecule has 0 radical (unpaired) electrons. The van der Waals surface area contributed by atoms with Gasteiger partial charge in [0.25, 0.3) is 0 Å². The molecule has 0 bridgehead atoms. The third kappa shape index (κ3) is 3.34. The van der Waals surface area contributed by atoms with Crippen LogP contribution in [0.4, 0.5) is 11.7 Å². The molecule has 90 valence electrons. The zero-order valence-electron chi connectivity index (χ0n) is 8.58. The molecule has 17 heavy (non-hydrogen) atoms. The Balaban J connectivity index is 2.13. The van der Waals surface area contributed by atoms with Crippen molar-refractivity contribution in [2.45, 2.75) is 6.42 Å². The number of rotatable bonds is 4. The molecule has 0 amide bonds. The van der Waals surface area contributed by atoms with Crippen LogP contribution in [0.15, 0.2) is 27.1 Å². The van der Waals surface area contributed by atoms with Gasteiger partial charge in [-0.3, -0.25) is 0 Å². The van der Waals surface area contributed by atoms with Crippen LogP contribution in [0.3, 0.4) is 0 Å². The molecule has 0 aliphatic heterocycles. The van der Waals surface area contributed by atoms with Crippen LogP contribution in [0.2, 0.25) is 5.02 Å². The predicted octanol–water partition coefficient (Wildman–Crippen LogP) is 4.01. The maximum atomic E-state index is 6.04. The van der Waals surface area contributed by atoms with Crippen molar-refractivity contribution in [3.63, 3.8) is 0 Å². The third-order valence-corrected chi connectivity index (χ3v) is 2.94. The van der Waals surface area contributed by atoms with Crippen molar-refractivity contribution < 1.29 is 4.42 Å². The summed E-state index contributed by atoms with van der Waals surface area (Å²) in [6.45, 7) is 0. The molecule has 1 aromatic carbocycles. The van der Waals surface area contributed by atoms with E-state index < -0.39 is 0 Å². The van der Waals surface area contributed by atoms with Gasteiger partial charge >= 0.3 is 6.01 Å². The van der Waals surface area contributed by atoms with E-state index in [0.717, 1.165) is 4.47 Å². The second-order valence-electron chi connectivity index (χ2n) is 3.19. The normalized spacial score (nSPS) is 10.5. The summed E-state index contributed by atoms with van der Waals surface area (Å²) < 4.78 is 6.23. The van der Waals surface area contributed by atoms with Crippen molar-refractivity contribution in [2.24, 2.45) is 0 Å². The molecule has 0 saturated heterocycles. The minimum Gasteiger partial charge on any atom is -0.408 e. The van der Waals surface area contributed by atoms with Gasteiger partial charge in [-0.15, -0.1) is 16.7 Å². The first-order valence-corrected chi connectivity index (χ1v) is 6.50. The van der Waals surface area contributed by atoms with Gasteiger partial charge in [0.05, 0.1) is 10.7 Å². The smallest absolute Gasteiger partial charge is 0.320 e. The van der Waals surface area contributed by atoms with Crippen LogP contribution in [-0.2, 0) is 6.42 Å². The molecule has 0 fully saturated rings. The minimum atomic E-state index is 0.300. The first-order chi connectivity index (χ1) is 8.19. The largest absolute Gasteiger partial charge is 0.408 e. The molecule has 0 aliphatic carbocycles. The van der Waals surface area contributed by atoms with Crippen molar-refractivity contribution in [1.29, 1.82) is 0 Å². The third-order valence-electron chi connectivity index (χ3n) is 1.95. The summed E-state index contributed by atoms with van der Waals surface area (Å²) in [5.41, 5.74) is 0.705. The molecule has 2 aromatic rings. The minimum absolute atomic E-state index is 0.300. The molecular formula is C10H8BrCl2N3O. The highest BCUT2D eigenvalue weighted by atomic mass is 79.9. The lowest BCUT2D eigenvalue weighted by molar-refractivity contribution is 0.516.